The van der Waals surface area contributed by atoms with Crippen molar-refractivity contribution in [1.29, 1.82) is 0 Å². The molecule has 1 atom stereocenters. The quantitative estimate of drug-likeness (QED) is 0.651. The van der Waals surface area contributed by atoms with Gasteiger partial charge < -0.3 is 15.1 Å². The van der Waals surface area contributed by atoms with Crippen molar-refractivity contribution in [1.82, 2.24) is 4.90 Å². The average Bonchev–Trinajstić information content (AvgIpc) is 2.70. The first-order valence-electron chi connectivity index (χ1n) is 10.6. The fourth-order valence-electron chi connectivity index (χ4n) is 3.32. The Labute approximate surface area is 185 Å². The van der Waals surface area contributed by atoms with Crippen LogP contribution in [0, 0.1) is 11.2 Å². The molecule has 0 aliphatic heterocycles. The van der Waals surface area contributed by atoms with Gasteiger partial charge in [-0.05, 0) is 55.3 Å². The third-order valence-electron chi connectivity index (χ3n) is 5.27. The molecule has 0 saturated heterocycles. The third-order valence-corrected chi connectivity index (χ3v) is 5.27. The minimum Gasteiger partial charge on any atom is -0.377 e. The Morgan fingerprint density at radius 2 is 1.77 bits per heavy atom. The molecule has 0 unspecified atom stereocenters. The lowest BCUT2D eigenvalue weighted by Gasteiger charge is -2.35. The van der Waals surface area contributed by atoms with Crippen LogP contribution in [0.4, 0.5) is 15.8 Å². The average molecular weight is 428 g/mol. The van der Waals surface area contributed by atoms with Crippen LogP contribution in [0.15, 0.2) is 42.5 Å². The number of anilines is 2. The van der Waals surface area contributed by atoms with Gasteiger partial charge in [0.05, 0.1) is 0 Å². The first kappa shape index (κ1) is 24.4. The minimum atomic E-state index is -0.495. The second-order valence-electron chi connectivity index (χ2n) is 9.14. The first-order chi connectivity index (χ1) is 14.4. The molecule has 0 aliphatic carbocycles. The van der Waals surface area contributed by atoms with E-state index in [0.29, 0.717) is 12.2 Å². The van der Waals surface area contributed by atoms with E-state index in [0.717, 1.165) is 17.7 Å². The molecule has 0 aromatic heterocycles. The van der Waals surface area contributed by atoms with Crippen molar-refractivity contribution in [3.8, 4) is 0 Å². The van der Waals surface area contributed by atoms with Crippen molar-refractivity contribution in [2.24, 2.45) is 5.41 Å². The summed E-state index contributed by atoms with van der Waals surface area (Å²) in [5.41, 5.74) is 2.26. The van der Waals surface area contributed by atoms with Crippen LogP contribution in [0.5, 0.6) is 0 Å². The zero-order valence-corrected chi connectivity index (χ0v) is 19.6. The summed E-state index contributed by atoms with van der Waals surface area (Å²) in [6, 6.07) is 11.3. The second-order valence-corrected chi connectivity index (χ2v) is 9.14. The molecule has 2 aromatic carbocycles. The molecule has 0 saturated carbocycles. The molecule has 2 amide bonds. The van der Waals surface area contributed by atoms with Gasteiger partial charge in [0.25, 0.3) is 5.91 Å². The van der Waals surface area contributed by atoms with Crippen LogP contribution in [0.25, 0.3) is 0 Å². The Balaban J connectivity index is 2.38. The smallest absolute Gasteiger partial charge is 0.255 e. The standard InChI is InChI=1S/C25H34FN3O2/c1-8-17(2)29(24(31)25(3,4)5)16-19-15-21(12-13-22(19)28(6)7)27-23(30)18-10-9-11-20(26)14-18/h9-15,17H,8,16H2,1-7H3,(H,27,30)/t17-/m0/s1. The van der Waals surface area contributed by atoms with Gasteiger partial charge in [0.15, 0.2) is 0 Å². The van der Waals surface area contributed by atoms with Crippen LogP contribution in [0.1, 0.15) is 57.0 Å². The van der Waals surface area contributed by atoms with Gasteiger partial charge in [-0.25, -0.2) is 4.39 Å². The zero-order valence-electron chi connectivity index (χ0n) is 19.6. The molecule has 5 nitrogen and oxygen atoms in total. The molecule has 0 aliphatic rings. The second kappa shape index (κ2) is 9.94. The van der Waals surface area contributed by atoms with Gasteiger partial charge in [0.1, 0.15) is 5.82 Å². The van der Waals surface area contributed by atoms with Crippen LogP contribution in [-0.2, 0) is 11.3 Å². The molecule has 1 N–H and O–H groups in total. The Hall–Kier alpha value is -2.89. The van der Waals surface area contributed by atoms with Gasteiger partial charge >= 0.3 is 0 Å². The summed E-state index contributed by atoms with van der Waals surface area (Å²) >= 11 is 0. The maximum atomic E-state index is 13.5. The fraction of sp³-hybridized carbons (Fsp3) is 0.440. The van der Waals surface area contributed by atoms with Crippen molar-refractivity contribution in [2.45, 2.75) is 53.6 Å². The summed E-state index contributed by atoms with van der Waals surface area (Å²) < 4.78 is 13.5. The number of benzene rings is 2. The topological polar surface area (TPSA) is 52.7 Å². The van der Waals surface area contributed by atoms with E-state index in [-0.39, 0.29) is 23.4 Å². The number of nitrogens with zero attached hydrogens (tertiary/aromatic N) is 2. The highest BCUT2D eigenvalue weighted by atomic mass is 19.1. The number of amides is 2. The number of hydrogen-bond acceptors (Lipinski definition) is 3. The van der Waals surface area contributed by atoms with E-state index in [4.69, 9.17) is 0 Å². The van der Waals surface area contributed by atoms with Crippen molar-refractivity contribution in [2.75, 3.05) is 24.3 Å². The Morgan fingerprint density at radius 1 is 1.10 bits per heavy atom. The summed E-state index contributed by atoms with van der Waals surface area (Å²) in [5, 5.41) is 2.84. The number of halogens is 1. The SMILES string of the molecule is CC[C@H](C)N(Cc1cc(NC(=O)c2cccc(F)c2)ccc1N(C)C)C(=O)C(C)(C)C. The monoisotopic (exact) mass is 427 g/mol. The summed E-state index contributed by atoms with van der Waals surface area (Å²) in [7, 11) is 3.89. The normalized spacial score (nSPS) is 12.3. The molecule has 6 heteroatoms. The van der Waals surface area contributed by atoms with Gasteiger partial charge in [-0.3, -0.25) is 9.59 Å². The lowest BCUT2D eigenvalue weighted by molar-refractivity contribution is -0.142. The molecular weight excluding hydrogens is 393 g/mol. The van der Waals surface area contributed by atoms with Crippen LogP contribution >= 0.6 is 0 Å². The molecule has 0 radical (unpaired) electrons. The van der Waals surface area contributed by atoms with E-state index in [1.165, 1.54) is 18.2 Å². The lowest BCUT2D eigenvalue weighted by atomic mass is 9.93. The Bertz CT molecular complexity index is 935. The van der Waals surface area contributed by atoms with Crippen molar-refractivity contribution >= 4 is 23.2 Å². The van der Waals surface area contributed by atoms with Crippen LogP contribution in [0.3, 0.4) is 0 Å². The molecule has 0 spiro atoms. The van der Waals surface area contributed by atoms with E-state index in [1.807, 2.05) is 62.9 Å². The highest BCUT2D eigenvalue weighted by Gasteiger charge is 2.30. The van der Waals surface area contributed by atoms with Crippen LogP contribution in [0.2, 0.25) is 0 Å². The number of carbonyl (C=O) groups excluding carboxylic acids is 2. The van der Waals surface area contributed by atoms with E-state index < -0.39 is 11.2 Å². The maximum Gasteiger partial charge on any atom is 0.255 e. The number of rotatable bonds is 7. The Morgan fingerprint density at radius 3 is 2.32 bits per heavy atom. The molecule has 2 aromatic rings. The van der Waals surface area contributed by atoms with Crippen LogP contribution < -0.4 is 10.2 Å². The molecular formula is C25H34FN3O2. The van der Waals surface area contributed by atoms with E-state index in [2.05, 4.69) is 19.2 Å². The zero-order chi connectivity index (χ0) is 23.3. The largest absolute Gasteiger partial charge is 0.377 e. The first-order valence-corrected chi connectivity index (χ1v) is 10.6. The molecule has 0 heterocycles. The van der Waals surface area contributed by atoms with Crippen molar-refractivity contribution in [3.63, 3.8) is 0 Å². The lowest BCUT2D eigenvalue weighted by Crippen LogP contribution is -2.44. The summed E-state index contributed by atoms with van der Waals surface area (Å²) in [6.07, 6.45) is 0.842. The predicted octanol–water partition coefficient (Wildman–Crippen LogP) is 5.32. The summed E-state index contributed by atoms with van der Waals surface area (Å²) in [5.74, 6) is -0.755. The Kier molecular flexibility index (Phi) is 7.82. The van der Waals surface area contributed by atoms with E-state index in [1.54, 1.807) is 6.07 Å². The highest BCUT2D eigenvalue weighted by molar-refractivity contribution is 6.04. The van der Waals surface area contributed by atoms with Gasteiger partial charge in [-0.1, -0.05) is 33.8 Å². The molecule has 0 fully saturated rings. The molecule has 2 rings (SSSR count). The van der Waals surface area contributed by atoms with E-state index >= 15 is 0 Å². The van der Waals surface area contributed by atoms with Crippen molar-refractivity contribution in [3.05, 3.63) is 59.4 Å². The van der Waals surface area contributed by atoms with Gasteiger partial charge in [0, 0.05) is 49.0 Å². The minimum absolute atomic E-state index is 0.0762. The summed E-state index contributed by atoms with van der Waals surface area (Å²) in [6.45, 7) is 10.3. The molecule has 31 heavy (non-hydrogen) atoms. The fourth-order valence-corrected chi connectivity index (χ4v) is 3.32. The number of nitrogens with one attached hydrogen (secondary N) is 1. The summed E-state index contributed by atoms with van der Waals surface area (Å²) in [4.78, 5) is 29.6. The van der Waals surface area contributed by atoms with Crippen LogP contribution in [-0.4, -0.2) is 36.9 Å². The van der Waals surface area contributed by atoms with Gasteiger partial charge in [-0.2, -0.15) is 0 Å². The van der Waals surface area contributed by atoms with Gasteiger partial charge in [-0.15, -0.1) is 0 Å². The predicted molar refractivity (Wildman–Crippen MR) is 125 cm³/mol. The molecule has 0 bridgehead atoms. The van der Waals surface area contributed by atoms with E-state index in [9.17, 15) is 14.0 Å². The van der Waals surface area contributed by atoms with Crippen molar-refractivity contribution < 1.29 is 14.0 Å². The number of hydrogen-bond donors (Lipinski definition) is 1. The third kappa shape index (κ3) is 6.29. The maximum absolute atomic E-state index is 13.5. The highest BCUT2D eigenvalue weighted by Crippen LogP contribution is 2.28. The van der Waals surface area contributed by atoms with Gasteiger partial charge in [0.2, 0.25) is 5.91 Å². The molecule has 168 valence electrons. The number of carbonyl (C=O) groups is 2.